The van der Waals surface area contributed by atoms with Gasteiger partial charge in [0.25, 0.3) is 0 Å². The Labute approximate surface area is 104 Å². The van der Waals surface area contributed by atoms with Gasteiger partial charge in [0, 0.05) is 25.6 Å². The van der Waals surface area contributed by atoms with Crippen LogP contribution in [0, 0.1) is 5.92 Å². The second-order valence-electron chi connectivity index (χ2n) is 5.14. The molecule has 1 aliphatic rings. The van der Waals surface area contributed by atoms with Crippen molar-refractivity contribution in [2.24, 2.45) is 0 Å². The van der Waals surface area contributed by atoms with Gasteiger partial charge in [-0.25, -0.2) is 0 Å². The van der Waals surface area contributed by atoms with Gasteiger partial charge in [0.2, 0.25) is 0 Å². The Hall–Kier alpha value is -1.15. The molecule has 2 nitrogen and oxygen atoms in total. The number of rotatable bonds is 4. The molecule has 0 bridgehead atoms. The molecule has 0 N–H and O–H groups in total. The van der Waals surface area contributed by atoms with Gasteiger partial charge in [0.1, 0.15) is 6.29 Å². The summed E-state index contributed by atoms with van der Waals surface area (Å²) in [5.74, 6) is 1.40. The van der Waals surface area contributed by atoms with Crippen LogP contribution in [-0.4, -0.2) is 23.8 Å². The molecule has 1 aliphatic heterocycles. The summed E-state index contributed by atoms with van der Waals surface area (Å²) in [6.07, 6.45) is 2.69. The van der Waals surface area contributed by atoms with Crippen LogP contribution in [0.25, 0.3) is 0 Å². The average molecular weight is 230 g/mol. The molecule has 2 rings (SSSR count). The van der Waals surface area contributed by atoms with Crippen molar-refractivity contribution < 1.29 is 4.79 Å². The molecule has 91 valence electrons. The molecule has 0 aromatic heterocycles. The predicted molar refractivity (Wildman–Crippen MR) is 69.6 cm³/mol. The fourth-order valence-electron chi connectivity index (χ4n) is 2.58. The monoisotopic (exact) mass is 230 g/mol. The van der Waals surface area contributed by atoms with Crippen molar-refractivity contribution in [3.63, 3.8) is 0 Å². The number of carbonyl (C=O) groups excluding carboxylic acids is 1. The number of benzene rings is 1. The predicted octanol–water partition coefficient (Wildman–Crippen LogP) is 2.62. The molecule has 0 saturated heterocycles. The van der Waals surface area contributed by atoms with E-state index in [2.05, 4.69) is 43.0 Å². The number of fused-ring (bicyclic) bond motifs is 1. The lowest BCUT2D eigenvalue weighted by Crippen LogP contribution is -2.42. The van der Waals surface area contributed by atoms with E-state index in [1.165, 1.54) is 17.0 Å². The first-order valence-electron chi connectivity index (χ1n) is 6.24. The molecule has 1 radical (unpaired) electrons. The van der Waals surface area contributed by atoms with Crippen molar-refractivity contribution >= 4 is 6.29 Å². The van der Waals surface area contributed by atoms with Crippen molar-refractivity contribution in [3.8, 4) is 0 Å². The van der Waals surface area contributed by atoms with Crippen LogP contribution >= 0.6 is 0 Å². The van der Waals surface area contributed by atoms with Gasteiger partial charge in [0.05, 0.1) is 0 Å². The first-order valence-corrected chi connectivity index (χ1v) is 6.24. The van der Waals surface area contributed by atoms with E-state index < -0.39 is 0 Å². The maximum Gasteiger partial charge on any atom is 0.121 e. The summed E-state index contributed by atoms with van der Waals surface area (Å²) >= 11 is 0. The molecule has 0 unspecified atom stereocenters. The number of hydrogen-bond acceptors (Lipinski definition) is 2. The lowest BCUT2D eigenvalue weighted by atomic mass is 9.92. The van der Waals surface area contributed by atoms with E-state index in [1.54, 1.807) is 0 Å². The molecule has 2 heteroatoms. The van der Waals surface area contributed by atoms with Gasteiger partial charge >= 0.3 is 0 Å². The standard InChI is InChI=1S/C15H20NO/c1-12(2)10-16-11-14-6-4-3-5-13(14)9-15(16)7-8-17/h3-6,8,15H,7,9-11H2,1-2H3/t15-/m1/s1. The lowest BCUT2D eigenvalue weighted by Gasteiger charge is -2.37. The van der Waals surface area contributed by atoms with Crippen LogP contribution in [0.15, 0.2) is 24.3 Å². The third kappa shape index (κ3) is 2.95. The third-order valence-electron chi connectivity index (χ3n) is 3.35. The van der Waals surface area contributed by atoms with Crippen LogP contribution in [0.2, 0.25) is 0 Å². The van der Waals surface area contributed by atoms with E-state index in [0.717, 1.165) is 25.8 Å². The summed E-state index contributed by atoms with van der Waals surface area (Å²) in [5, 5.41) is 0. The van der Waals surface area contributed by atoms with Crippen molar-refractivity contribution in [2.45, 2.75) is 39.3 Å². The van der Waals surface area contributed by atoms with Crippen molar-refractivity contribution in [2.75, 3.05) is 6.54 Å². The molecule has 1 aromatic rings. The van der Waals surface area contributed by atoms with E-state index in [4.69, 9.17) is 0 Å². The Kier molecular flexibility index (Phi) is 3.95. The van der Waals surface area contributed by atoms with Crippen LogP contribution in [0.5, 0.6) is 0 Å². The van der Waals surface area contributed by atoms with E-state index in [-0.39, 0.29) is 0 Å². The quantitative estimate of drug-likeness (QED) is 0.741. The Morgan fingerprint density at radius 1 is 1.35 bits per heavy atom. The first kappa shape index (κ1) is 12.3. The zero-order valence-corrected chi connectivity index (χ0v) is 10.6. The van der Waals surface area contributed by atoms with E-state index >= 15 is 0 Å². The molecule has 0 aliphatic carbocycles. The van der Waals surface area contributed by atoms with Crippen molar-refractivity contribution in [3.05, 3.63) is 41.3 Å². The van der Waals surface area contributed by atoms with Gasteiger partial charge in [0.15, 0.2) is 0 Å². The summed E-state index contributed by atoms with van der Waals surface area (Å²) in [6.45, 7) is 6.27. The Morgan fingerprint density at radius 2 is 2.06 bits per heavy atom. The Morgan fingerprint density at radius 3 is 2.71 bits per heavy atom. The van der Waals surface area contributed by atoms with Crippen molar-refractivity contribution in [1.29, 1.82) is 0 Å². The first-order chi connectivity index (χ1) is 8.20. The van der Waals surface area contributed by atoms with Crippen LogP contribution in [0.1, 0.15) is 31.4 Å². The average Bonchev–Trinajstić information content (AvgIpc) is 2.29. The maximum absolute atomic E-state index is 10.8. The van der Waals surface area contributed by atoms with Crippen LogP contribution in [0.4, 0.5) is 0 Å². The molecule has 0 saturated carbocycles. The van der Waals surface area contributed by atoms with Gasteiger partial charge in [-0.15, -0.1) is 0 Å². The molecule has 0 amide bonds. The van der Waals surface area contributed by atoms with Gasteiger partial charge in [-0.1, -0.05) is 38.1 Å². The van der Waals surface area contributed by atoms with E-state index in [9.17, 15) is 4.79 Å². The molecule has 1 atom stereocenters. The SMILES string of the molecule is C[C](C)CN1Cc2ccccc2C[C@H]1CC=O. The Bertz CT molecular complexity index is 386. The third-order valence-corrected chi connectivity index (χ3v) is 3.35. The number of carbonyl (C=O) groups is 1. The molecular weight excluding hydrogens is 210 g/mol. The summed E-state index contributed by atoms with van der Waals surface area (Å²) in [6, 6.07) is 8.94. The van der Waals surface area contributed by atoms with Crippen LogP contribution in [0.3, 0.4) is 0 Å². The molecular formula is C15H20NO. The van der Waals surface area contributed by atoms with Gasteiger partial charge in [-0.3, -0.25) is 4.90 Å². The maximum atomic E-state index is 10.8. The molecule has 0 spiro atoms. The summed E-state index contributed by atoms with van der Waals surface area (Å²) in [5.41, 5.74) is 2.82. The normalized spacial score (nSPS) is 20.3. The second kappa shape index (κ2) is 5.46. The minimum atomic E-state index is 0.372. The fourth-order valence-corrected chi connectivity index (χ4v) is 2.58. The number of hydrogen-bond donors (Lipinski definition) is 0. The fraction of sp³-hybridized carbons (Fsp3) is 0.467. The lowest BCUT2D eigenvalue weighted by molar-refractivity contribution is -0.109. The zero-order valence-electron chi connectivity index (χ0n) is 10.6. The smallest absolute Gasteiger partial charge is 0.121 e. The minimum Gasteiger partial charge on any atom is -0.303 e. The Balaban J connectivity index is 2.18. The highest BCUT2D eigenvalue weighted by molar-refractivity contribution is 5.51. The highest BCUT2D eigenvalue weighted by Gasteiger charge is 2.25. The highest BCUT2D eigenvalue weighted by atomic mass is 16.1. The topological polar surface area (TPSA) is 20.3 Å². The van der Waals surface area contributed by atoms with Crippen LogP contribution < -0.4 is 0 Å². The van der Waals surface area contributed by atoms with Gasteiger partial charge in [-0.05, 0) is 23.5 Å². The summed E-state index contributed by atoms with van der Waals surface area (Å²) in [7, 11) is 0. The highest BCUT2D eigenvalue weighted by Crippen LogP contribution is 2.25. The number of nitrogens with zero attached hydrogens (tertiary/aromatic N) is 1. The summed E-state index contributed by atoms with van der Waals surface area (Å²) < 4.78 is 0. The largest absolute Gasteiger partial charge is 0.303 e. The minimum absolute atomic E-state index is 0.372. The summed E-state index contributed by atoms with van der Waals surface area (Å²) in [4.78, 5) is 13.2. The van der Waals surface area contributed by atoms with Crippen molar-refractivity contribution in [1.82, 2.24) is 4.90 Å². The molecule has 0 fully saturated rings. The van der Waals surface area contributed by atoms with Crippen LogP contribution in [-0.2, 0) is 17.8 Å². The van der Waals surface area contributed by atoms with E-state index in [1.807, 2.05) is 0 Å². The second-order valence-corrected chi connectivity index (χ2v) is 5.14. The van der Waals surface area contributed by atoms with Gasteiger partial charge < -0.3 is 4.79 Å². The molecule has 1 aromatic carbocycles. The number of aldehydes is 1. The van der Waals surface area contributed by atoms with E-state index in [0.29, 0.717) is 12.5 Å². The zero-order chi connectivity index (χ0) is 12.3. The molecule has 17 heavy (non-hydrogen) atoms. The molecule has 1 heterocycles. The van der Waals surface area contributed by atoms with Gasteiger partial charge in [-0.2, -0.15) is 0 Å².